The zero-order valence-electron chi connectivity index (χ0n) is 11.6. The van der Waals surface area contributed by atoms with Gasteiger partial charge >= 0.3 is 0 Å². The van der Waals surface area contributed by atoms with Gasteiger partial charge in [-0.3, -0.25) is 4.79 Å². The molecule has 0 unspecified atom stereocenters. The van der Waals surface area contributed by atoms with Crippen molar-refractivity contribution in [2.75, 3.05) is 11.1 Å². The van der Waals surface area contributed by atoms with E-state index < -0.39 is 0 Å². The van der Waals surface area contributed by atoms with Crippen LogP contribution in [0.5, 0.6) is 0 Å². The second kappa shape index (κ2) is 7.13. The number of hydrogen-bond acceptors (Lipinski definition) is 4. The van der Waals surface area contributed by atoms with Gasteiger partial charge in [0.25, 0.3) is 0 Å². The second-order valence-electron chi connectivity index (χ2n) is 4.64. The van der Waals surface area contributed by atoms with Gasteiger partial charge in [-0.2, -0.15) is 0 Å². The van der Waals surface area contributed by atoms with Gasteiger partial charge in [0.15, 0.2) is 0 Å². The largest absolute Gasteiger partial charge is 0.326 e. The lowest BCUT2D eigenvalue weighted by molar-refractivity contribution is -0.115. The molecule has 0 saturated heterocycles. The molecule has 6 heteroatoms. The normalized spacial score (nSPS) is 10.8. The Morgan fingerprint density at radius 2 is 2.05 bits per heavy atom. The van der Waals surface area contributed by atoms with E-state index in [9.17, 15) is 4.79 Å². The number of thiazole rings is 1. The van der Waals surface area contributed by atoms with E-state index in [1.54, 1.807) is 28.6 Å². The third kappa shape index (κ3) is 4.00. The minimum absolute atomic E-state index is 0.0188. The van der Waals surface area contributed by atoms with Crippen molar-refractivity contribution >= 4 is 56.5 Å². The highest BCUT2D eigenvalue weighted by Crippen LogP contribution is 2.23. The average Bonchev–Trinajstić information content (AvgIpc) is 2.97. The highest BCUT2D eigenvalue weighted by atomic mass is 35.5. The first-order valence-electron chi connectivity index (χ1n) is 6.72. The molecule has 1 amide bonds. The van der Waals surface area contributed by atoms with Gasteiger partial charge in [0, 0.05) is 27.8 Å². The minimum Gasteiger partial charge on any atom is -0.326 e. The Morgan fingerprint density at radius 1 is 1.23 bits per heavy atom. The van der Waals surface area contributed by atoms with Gasteiger partial charge in [-0.15, -0.1) is 23.1 Å². The van der Waals surface area contributed by atoms with Crippen molar-refractivity contribution in [1.29, 1.82) is 0 Å². The van der Waals surface area contributed by atoms with Crippen molar-refractivity contribution in [3.05, 3.63) is 53.0 Å². The summed E-state index contributed by atoms with van der Waals surface area (Å²) in [7, 11) is 0. The number of halogens is 1. The molecule has 0 saturated carbocycles. The van der Waals surface area contributed by atoms with Gasteiger partial charge in [0.2, 0.25) is 5.91 Å². The number of benzene rings is 2. The molecule has 22 heavy (non-hydrogen) atoms. The molecular weight excluding hydrogens is 336 g/mol. The van der Waals surface area contributed by atoms with E-state index in [0.29, 0.717) is 6.42 Å². The number of thioether (sulfide) groups is 1. The third-order valence-electron chi connectivity index (χ3n) is 3.03. The van der Waals surface area contributed by atoms with Crippen molar-refractivity contribution in [1.82, 2.24) is 4.98 Å². The number of rotatable bonds is 5. The number of amides is 1. The Morgan fingerprint density at radius 3 is 2.86 bits per heavy atom. The fourth-order valence-corrected chi connectivity index (χ4v) is 3.64. The molecule has 112 valence electrons. The standard InChI is InChI=1S/C16H13ClN2OS2/c17-11-1-4-13(5-2-11)21-8-7-16(20)19-12-3-6-14-15(9-12)22-10-18-14/h1-6,9-10H,7-8H2,(H,19,20). The van der Waals surface area contributed by atoms with Crippen LogP contribution in [0.1, 0.15) is 6.42 Å². The number of nitrogens with one attached hydrogen (secondary N) is 1. The molecule has 1 aromatic heterocycles. The Balaban J connectivity index is 1.50. The Labute approximate surface area is 141 Å². The predicted molar refractivity (Wildman–Crippen MR) is 95.0 cm³/mol. The smallest absolute Gasteiger partial charge is 0.225 e. The van der Waals surface area contributed by atoms with Crippen LogP contribution in [0.2, 0.25) is 5.02 Å². The molecule has 3 aromatic rings. The summed E-state index contributed by atoms with van der Waals surface area (Å²) in [6, 6.07) is 13.4. The maximum Gasteiger partial charge on any atom is 0.225 e. The highest BCUT2D eigenvalue weighted by Gasteiger charge is 2.05. The summed E-state index contributed by atoms with van der Waals surface area (Å²) in [6.07, 6.45) is 0.466. The topological polar surface area (TPSA) is 42.0 Å². The lowest BCUT2D eigenvalue weighted by Gasteiger charge is -2.05. The molecule has 3 nitrogen and oxygen atoms in total. The fraction of sp³-hybridized carbons (Fsp3) is 0.125. The van der Waals surface area contributed by atoms with Crippen molar-refractivity contribution in [3.63, 3.8) is 0 Å². The number of anilines is 1. The summed E-state index contributed by atoms with van der Waals surface area (Å²) in [6.45, 7) is 0. The third-order valence-corrected chi connectivity index (χ3v) is 5.08. The SMILES string of the molecule is O=C(CCSc1ccc(Cl)cc1)Nc1ccc2ncsc2c1. The number of nitrogens with zero attached hydrogens (tertiary/aromatic N) is 1. The molecular formula is C16H13ClN2OS2. The van der Waals surface area contributed by atoms with Gasteiger partial charge in [-0.25, -0.2) is 4.98 Å². The summed E-state index contributed by atoms with van der Waals surface area (Å²) >= 11 is 9.05. The van der Waals surface area contributed by atoms with Crippen LogP contribution in [0.3, 0.4) is 0 Å². The molecule has 0 aliphatic carbocycles. The van der Waals surface area contributed by atoms with Crippen LogP contribution in [0.15, 0.2) is 52.9 Å². The van der Waals surface area contributed by atoms with Crippen molar-refractivity contribution in [3.8, 4) is 0 Å². The molecule has 0 spiro atoms. The molecule has 0 bridgehead atoms. The van der Waals surface area contributed by atoms with E-state index in [1.165, 1.54) is 0 Å². The summed E-state index contributed by atoms with van der Waals surface area (Å²) < 4.78 is 1.08. The maximum atomic E-state index is 12.0. The summed E-state index contributed by atoms with van der Waals surface area (Å²) in [4.78, 5) is 17.3. The lowest BCUT2D eigenvalue weighted by atomic mass is 10.3. The Kier molecular flexibility index (Phi) is 4.97. The van der Waals surface area contributed by atoms with Crippen LogP contribution >= 0.6 is 34.7 Å². The zero-order chi connectivity index (χ0) is 15.4. The average molecular weight is 349 g/mol. The first-order valence-corrected chi connectivity index (χ1v) is 8.96. The summed E-state index contributed by atoms with van der Waals surface area (Å²) in [5.41, 5.74) is 3.58. The molecule has 1 N–H and O–H groups in total. The first-order chi connectivity index (χ1) is 10.7. The number of fused-ring (bicyclic) bond motifs is 1. The van der Waals surface area contributed by atoms with Gasteiger partial charge in [0.1, 0.15) is 0 Å². The lowest BCUT2D eigenvalue weighted by Crippen LogP contribution is -2.11. The van der Waals surface area contributed by atoms with E-state index in [1.807, 2.05) is 42.5 Å². The molecule has 0 aliphatic rings. The quantitative estimate of drug-likeness (QED) is 0.654. The summed E-state index contributed by atoms with van der Waals surface area (Å²) in [5.74, 6) is 0.751. The Bertz CT molecular complexity index is 786. The van der Waals surface area contributed by atoms with E-state index in [-0.39, 0.29) is 5.91 Å². The van der Waals surface area contributed by atoms with Gasteiger partial charge in [-0.1, -0.05) is 11.6 Å². The van der Waals surface area contributed by atoms with Crippen LogP contribution in [0.4, 0.5) is 5.69 Å². The molecule has 0 atom stereocenters. The van der Waals surface area contributed by atoms with Gasteiger partial charge < -0.3 is 5.32 Å². The van der Waals surface area contributed by atoms with Crippen molar-refractivity contribution in [2.45, 2.75) is 11.3 Å². The molecule has 3 rings (SSSR count). The molecule has 0 aliphatic heterocycles. The van der Waals surface area contributed by atoms with Crippen LogP contribution in [0.25, 0.3) is 10.2 Å². The fourth-order valence-electron chi connectivity index (χ4n) is 1.95. The monoisotopic (exact) mass is 348 g/mol. The Hall–Kier alpha value is -1.56. The highest BCUT2D eigenvalue weighted by molar-refractivity contribution is 7.99. The number of carbonyl (C=O) groups excluding carboxylic acids is 1. The van der Waals surface area contributed by atoms with Crippen molar-refractivity contribution in [2.24, 2.45) is 0 Å². The molecule has 0 fully saturated rings. The number of aromatic nitrogens is 1. The minimum atomic E-state index is 0.0188. The van der Waals surface area contributed by atoms with Gasteiger partial charge in [0.05, 0.1) is 15.7 Å². The van der Waals surface area contributed by atoms with Crippen LogP contribution < -0.4 is 5.32 Å². The van der Waals surface area contributed by atoms with Crippen molar-refractivity contribution < 1.29 is 4.79 Å². The van der Waals surface area contributed by atoms with E-state index >= 15 is 0 Å². The maximum absolute atomic E-state index is 12.0. The molecule has 0 radical (unpaired) electrons. The number of hydrogen-bond donors (Lipinski definition) is 1. The first kappa shape index (κ1) is 15.3. The van der Waals surface area contributed by atoms with Crippen LogP contribution in [-0.2, 0) is 4.79 Å². The van der Waals surface area contributed by atoms with Gasteiger partial charge in [-0.05, 0) is 42.5 Å². The summed E-state index contributed by atoms with van der Waals surface area (Å²) in [5, 5.41) is 3.65. The molecule has 1 heterocycles. The van der Waals surface area contributed by atoms with E-state index in [4.69, 9.17) is 11.6 Å². The van der Waals surface area contributed by atoms with Crippen LogP contribution in [-0.4, -0.2) is 16.6 Å². The molecule has 2 aromatic carbocycles. The van der Waals surface area contributed by atoms with E-state index in [0.717, 1.165) is 31.6 Å². The predicted octanol–water partition coefficient (Wildman–Crippen LogP) is 5.07. The zero-order valence-corrected chi connectivity index (χ0v) is 14.0. The van der Waals surface area contributed by atoms with E-state index in [2.05, 4.69) is 10.3 Å². The number of carbonyl (C=O) groups is 1. The van der Waals surface area contributed by atoms with Crippen LogP contribution in [0, 0.1) is 0 Å². The second-order valence-corrected chi connectivity index (χ2v) is 7.13.